The maximum absolute atomic E-state index is 6.20. The third-order valence-corrected chi connectivity index (χ3v) is 7.90. The normalized spacial score (nSPS) is 44.8. The van der Waals surface area contributed by atoms with Crippen LogP contribution in [0.4, 0.5) is 0 Å². The van der Waals surface area contributed by atoms with E-state index in [2.05, 4.69) is 0 Å². The lowest BCUT2D eigenvalue weighted by Gasteiger charge is -2.40. The molecule has 6 fully saturated rings. The highest BCUT2D eigenvalue weighted by Gasteiger charge is 2.66. The van der Waals surface area contributed by atoms with E-state index in [1.54, 1.807) is 0 Å². The van der Waals surface area contributed by atoms with Crippen LogP contribution in [0.3, 0.4) is 0 Å². The smallest absolute Gasteiger partial charge is 0.224 e. The molecule has 6 aliphatic heterocycles. The molecule has 0 aromatic carbocycles. The first-order valence-corrected chi connectivity index (χ1v) is 14.6. The minimum Gasteiger partial charge on any atom is -0.377 e. The number of hydrogen-bond acceptors (Lipinski definition) is 13. The van der Waals surface area contributed by atoms with Crippen molar-refractivity contribution < 1.29 is 61.6 Å². The van der Waals surface area contributed by atoms with E-state index in [1.807, 2.05) is 55.4 Å². The molecule has 0 N–H and O–H groups in total. The van der Waals surface area contributed by atoms with Crippen LogP contribution in [0.5, 0.6) is 0 Å². The molecule has 0 aliphatic carbocycles. The van der Waals surface area contributed by atoms with E-state index in [0.29, 0.717) is 39.6 Å². The maximum Gasteiger partial charge on any atom is 0.224 e. The molecule has 13 nitrogen and oxygen atoms in total. The summed E-state index contributed by atoms with van der Waals surface area (Å²) in [5.74, 6) is -5.26. The van der Waals surface area contributed by atoms with Gasteiger partial charge < -0.3 is 61.6 Å². The van der Waals surface area contributed by atoms with Crippen LogP contribution < -0.4 is 0 Å². The van der Waals surface area contributed by atoms with Crippen molar-refractivity contribution in [3.63, 3.8) is 0 Å². The van der Waals surface area contributed by atoms with Gasteiger partial charge in [-0.3, -0.25) is 0 Å². The van der Waals surface area contributed by atoms with Gasteiger partial charge in [-0.25, -0.2) is 0 Å². The van der Waals surface area contributed by atoms with Crippen molar-refractivity contribution in [1.29, 1.82) is 0 Å². The van der Waals surface area contributed by atoms with Crippen LogP contribution in [-0.4, -0.2) is 124 Å². The molecule has 0 unspecified atom stereocenters. The first kappa shape index (κ1) is 30.5. The number of fused-ring (bicyclic) bond motifs is 6. The number of rotatable bonds is 10. The average molecular weight is 591 g/mol. The third kappa shape index (κ3) is 6.08. The number of ether oxygens (including phenoxy) is 13. The van der Waals surface area contributed by atoms with Gasteiger partial charge >= 0.3 is 0 Å². The summed E-state index contributed by atoms with van der Waals surface area (Å²) < 4.78 is 78.9. The van der Waals surface area contributed by atoms with Crippen LogP contribution in [0.2, 0.25) is 0 Å². The molecule has 13 heteroatoms. The molecule has 0 radical (unpaired) electrons. The lowest BCUT2D eigenvalue weighted by molar-refractivity contribution is -0.300. The average Bonchev–Trinajstić information content (AvgIpc) is 3.52. The van der Waals surface area contributed by atoms with Gasteiger partial charge in [0, 0.05) is 0 Å². The molecule has 6 rings (SSSR count). The van der Waals surface area contributed by atoms with Gasteiger partial charge in [0.15, 0.2) is 23.1 Å². The summed E-state index contributed by atoms with van der Waals surface area (Å²) in [7, 11) is 0. The van der Waals surface area contributed by atoms with Gasteiger partial charge in [0.25, 0.3) is 0 Å². The third-order valence-electron chi connectivity index (χ3n) is 7.90. The summed E-state index contributed by atoms with van der Waals surface area (Å²) in [6.07, 6.45) is -2.03. The fraction of sp³-hybridized carbons (Fsp3) is 1.00. The van der Waals surface area contributed by atoms with Crippen molar-refractivity contribution in [1.82, 2.24) is 0 Å². The van der Waals surface area contributed by atoms with Gasteiger partial charge in [-0.1, -0.05) is 0 Å². The van der Waals surface area contributed by atoms with Gasteiger partial charge in [-0.05, 0) is 55.4 Å². The van der Waals surface area contributed by atoms with E-state index in [0.717, 1.165) is 0 Å². The SMILES string of the molecule is CC1(C)O[C@H]2[C@H](CO[C@@]3(COCCOCCOC[C@@]45OC[C@@H]6OC(C)(C)O[C@@H]6[C@@H]4OC(C)(C)O5)OC(C)(C)O[C@@H]23)O1. The predicted octanol–water partition coefficient (Wildman–Crippen LogP) is 1.83. The van der Waals surface area contributed by atoms with Gasteiger partial charge in [0.1, 0.15) is 49.8 Å². The summed E-state index contributed by atoms with van der Waals surface area (Å²) in [4.78, 5) is 0. The second kappa shape index (κ2) is 10.5. The molecular weight excluding hydrogens is 544 g/mol. The zero-order valence-electron chi connectivity index (χ0n) is 25.4. The topological polar surface area (TPSA) is 120 Å². The molecule has 6 aliphatic rings. The Morgan fingerprint density at radius 3 is 1.29 bits per heavy atom. The summed E-state index contributed by atoms with van der Waals surface area (Å²) in [5, 5.41) is 0. The van der Waals surface area contributed by atoms with Crippen molar-refractivity contribution in [2.45, 2.75) is 127 Å². The largest absolute Gasteiger partial charge is 0.377 e. The zero-order valence-corrected chi connectivity index (χ0v) is 25.4. The summed E-state index contributed by atoms with van der Waals surface area (Å²) in [5.41, 5.74) is 0. The molecule has 0 spiro atoms. The quantitative estimate of drug-likeness (QED) is 0.345. The molecule has 0 aromatic rings. The Hall–Kier alpha value is -0.520. The van der Waals surface area contributed by atoms with E-state index in [-0.39, 0.29) is 37.6 Å². The first-order chi connectivity index (χ1) is 19.1. The summed E-state index contributed by atoms with van der Waals surface area (Å²) >= 11 is 0. The number of hydrogen-bond donors (Lipinski definition) is 0. The zero-order chi connectivity index (χ0) is 29.3. The van der Waals surface area contributed by atoms with Crippen molar-refractivity contribution >= 4 is 0 Å². The van der Waals surface area contributed by atoms with Crippen molar-refractivity contribution in [3.8, 4) is 0 Å². The molecule has 0 aromatic heterocycles. The van der Waals surface area contributed by atoms with E-state index < -0.39 is 46.9 Å². The monoisotopic (exact) mass is 590 g/mol. The fourth-order valence-electron chi connectivity index (χ4n) is 6.66. The molecule has 6 saturated heterocycles. The molecule has 0 saturated carbocycles. The first-order valence-electron chi connectivity index (χ1n) is 14.6. The highest BCUT2D eigenvalue weighted by Crippen LogP contribution is 2.49. The second-order valence-electron chi connectivity index (χ2n) is 13.3. The molecule has 6 heterocycles. The highest BCUT2D eigenvalue weighted by molar-refractivity contribution is 5.04. The Bertz CT molecular complexity index is 881. The Balaban J connectivity index is 0.926. The highest BCUT2D eigenvalue weighted by atomic mass is 16.9. The van der Waals surface area contributed by atoms with Crippen LogP contribution in [0.15, 0.2) is 0 Å². The van der Waals surface area contributed by atoms with Crippen LogP contribution >= 0.6 is 0 Å². The molecule has 41 heavy (non-hydrogen) atoms. The standard InChI is InChI=1S/C28H46O13/c1-23(2)34-17-13-32-27(21(19(17)36-23)38-25(5,6)40-27)15-30-11-9-29-10-12-31-16-28-22(39-26(7,8)41-28)20-18(14-33-28)35-24(3,4)37-20/h17-22H,9-16H2,1-8H3/t17-,18-,19-,20-,21-,22-,27-,28-/m0/s1. The van der Waals surface area contributed by atoms with Crippen LogP contribution in [0.25, 0.3) is 0 Å². The second-order valence-corrected chi connectivity index (χ2v) is 13.3. The maximum atomic E-state index is 6.20. The van der Waals surface area contributed by atoms with Gasteiger partial charge in [0.2, 0.25) is 11.6 Å². The van der Waals surface area contributed by atoms with E-state index in [9.17, 15) is 0 Å². The molecule has 0 bridgehead atoms. The van der Waals surface area contributed by atoms with Crippen molar-refractivity contribution in [2.75, 3.05) is 52.9 Å². The van der Waals surface area contributed by atoms with E-state index in [1.165, 1.54) is 0 Å². The summed E-state index contributed by atoms with van der Waals surface area (Å²) in [6, 6.07) is 0. The molecule has 8 atom stereocenters. The Morgan fingerprint density at radius 2 is 0.878 bits per heavy atom. The Morgan fingerprint density at radius 1 is 0.488 bits per heavy atom. The lowest BCUT2D eigenvalue weighted by Crippen LogP contribution is -2.60. The predicted molar refractivity (Wildman–Crippen MR) is 138 cm³/mol. The lowest BCUT2D eigenvalue weighted by atomic mass is 9.97. The van der Waals surface area contributed by atoms with Crippen LogP contribution in [0.1, 0.15) is 55.4 Å². The Kier molecular flexibility index (Phi) is 7.84. The van der Waals surface area contributed by atoms with Crippen molar-refractivity contribution in [2.24, 2.45) is 0 Å². The van der Waals surface area contributed by atoms with Crippen LogP contribution in [0, 0.1) is 0 Å². The summed E-state index contributed by atoms with van der Waals surface area (Å²) in [6.45, 7) is 17.4. The Labute approximate surface area is 241 Å². The van der Waals surface area contributed by atoms with E-state index in [4.69, 9.17) is 61.6 Å². The van der Waals surface area contributed by atoms with E-state index >= 15 is 0 Å². The van der Waals surface area contributed by atoms with Gasteiger partial charge in [0.05, 0.1) is 39.6 Å². The molecule has 0 amide bonds. The van der Waals surface area contributed by atoms with Crippen molar-refractivity contribution in [3.05, 3.63) is 0 Å². The minimum absolute atomic E-state index is 0.174. The fourth-order valence-corrected chi connectivity index (χ4v) is 6.66. The molecular formula is C28H46O13. The van der Waals surface area contributed by atoms with Gasteiger partial charge in [-0.2, -0.15) is 0 Å². The van der Waals surface area contributed by atoms with Gasteiger partial charge in [-0.15, -0.1) is 0 Å². The molecule has 236 valence electrons. The minimum atomic E-state index is -1.08. The van der Waals surface area contributed by atoms with Crippen LogP contribution in [-0.2, 0) is 61.6 Å².